The SMILES string of the molecule is Cn1c(=O)[nH]c(=O)n(-c2cc(Cl)c(Sc3ccc(Br)cc3)c(Cl)c2)c1=O. The molecule has 2 aromatic carbocycles. The summed E-state index contributed by atoms with van der Waals surface area (Å²) in [6, 6.07) is 10.5. The lowest BCUT2D eigenvalue weighted by Gasteiger charge is -2.11. The third kappa shape index (κ3) is 3.68. The Balaban J connectivity index is 2.10. The van der Waals surface area contributed by atoms with E-state index in [1.807, 2.05) is 24.3 Å². The first-order valence-corrected chi connectivity index (χ1v) is 9.49. The van der Waals surface area contributed by atoms with E-state index < -0.39 is 17.1 Å². The molecule has 3 rings (SSSR count). The van der Waals surface area contributed by atoms with E-state index in [1.54, 1.807) is 0 Å². The van der Waals surface area contributed by atoms with Gasteiger partial charge >= 0.3 is 17.1 Å². The molecule has 0 unspecified atom stereocenters. The maximum atomic E-state index is 12.3. The summed E-state index contributed by atoms with van der Waals surface area (Å²) in [7, 11) is 1.26. The normalized spacial score (nSPS) is 10.9. The molecule has 134 valence electrons. The molecule has 26 heavy (non-hydrogen) atoms. The van der Waals surface area contributed by atoms with Crippen LogP contribution in [0.15, 0.2) is 65.0 Å². The molecule has 0 spiro atoms. The Labute approximate surface area is 169 Å². The number of rotatable bonds is 3. The second-order valence-corrected chi connectivity index (χ2v) is 8.02. The highest BCUT2D eigenvalue weighted by Gasteiger charge is 2.15. The molecule has 0 amide bonds. The van der Waals surface area contributed by atoms with Gasteiger partial charge in [-0.3, -0.25) is 4.98 Å². The highest BCUT2D eigenvalue weighted by Crippen LogP contribution is 2.40. The zero-order valence-corrected chi connectivity index (χ0v) is 17.0. The van der Waals surface area contributed by atoms with Gasteiger partial charge in [0.1, 0.15) is 0 Å². The van der Waals surface area contributed by atoms with Crippen molar-refractivity contribution in [2.24, 2.45) is 7.05 Å². The summed E-state index contributed by atoms with van der Waals surface area (Å²) in [5.41, 5.74) is -2.28. The van der Waals surface area contributed by atoms with Crippen molar-refractivity contribution in [2.45, 2.75) is 9.79 Å². The van der Waals surface area contributed by atoms with Crippen LogP contribution < -0.4 is 17.1 Å². The molecule has 10 heteroatoms. The van der Waals surface area contributed by atoms with Crippen LogP contribution in [-0.2, 0) is 7.05 Å². The first-order chi connectivity index (χ1) is 12.3. The monoisotopic (exact) mass is 473 g/mol. The van der Waals surface area contributed by atoms with Gasteiger partial charge in [0.15, 0.2) is 0 Å². The van der Waals surface area contributed by atoms with Crippen LogP contribution in [0.3, 0.4) is 0 Å². The number of nitrogens with one attached hydrogen (secondary N) is 1. The Bertz CT molecular complexity index is 1150. The molecule has 0 bridgehead atoms. The van der Waals surface area contributed by atoms with Crippen LogP contribution >= 0.6 is 50.9 Å². The van der Waals surface area contributed by atoms with E-state index in [0.29, 0.717) is 4.90 Å². The fourth-order valence-corrected chi connectivity index (χ4v) is 3.97. The van der Waals surface area contributed by atoms with E-state index >= 15 is 0 Å². The van der Waals surface area contributed by atoms with Gasteiger partial charge in [-0.1, -0.05) is 50.9 Å². The summed E-state index contributed by atoms with van der Waals surface area (Å²) >= 11 is 17.4. The van der Waals surface area contributed by atoms with Crippen molar-refractivity contribution in [2.75, 3.05) is 0 Å². The Kier molecular flexibility index (Phi) is 5.47. The van der Waals surface area contributed by atoms with Gasteiger partial charge in [0, 0.05) is 21.3 Å². The van der Waals surface area contributed by atoms with Crippen molar-refractivity contribution in [1.29, 1.82) is 0 Å². The van der Waals surface area contributed by atoms with Crippen LogP contribution in [0.25, 0.3) is 5.69 Å². The summed E-state index contributed by atoms with van der Waals surface area (Å²) in [5.74, 6) is 0. The fourth-order valence-electron chi connectivity index (χ4n) is 2.18. The molecule has 0 aliphatic rings. The number of aromatic nitrogens is 3. The third-order valence-electron chi connectivity index (χ3n) is 3.47. The maximum absolute atomic E-state index is 12.3. The van der Waals surface area contributed by atoms with Crippen LogP contribution in [0, 0.1) is 0 Å². The van der Waals surface area contributed by atoms with Crippen LogP contribution in [-0.4, -0.2) is 14.1 Å². The molecule has 0 radical (unpaired) electrons. The van der Waals surface area contributed by atoms with E-state index in [2.05, 4.69) is 20.9 Å². The van der Waals surface area contributed by atoms with Crippen molar-refractivity contribution in [3.8, 4) is 5.69 Å². The predicted octanol–water partition coefficient (Wildman–Crippen LogP) is 3.45. The minimum absolute atomic E-state index is 0.169. The Morgan fingerprint density at radius 1 is 1.00 bits per heavy atom. The molecule has 0 aliphatic heterocycles. The standard InChI is InChI=1S/C16H10BrCl2N3O3S/c1-21-14(23)20-15(24)22(16(21)25)9-6-11(18)13(12(19)7-9)26-10-4-2-8(17)3-5-10/h2-7H,1H3,(H,20,23,24). The van der Waals surface area contributed by atoms with Crippen molar-refractivity contribution >= 4 is 50.9 Å². The van der Waals surface area contributed by atoms with Gasteiger partial charge < -0.3 is 0 Å². The van der Waals surface area contributed by atoms with Crippen molar-refractivity contribution in [3.63, 3.8) is 0 Å². The molecular formula is C16H10BrCl2N3O3S. The van der Waals surface area contributed by atoms with E-state index in [1.165, 1.54) is 30.9 Å². The molecule has 0 atom stereocenters. The largest absolute Gasteiger partial charge is 0.340 e. The van der Waals surface area contributed by atoms with E-state index in [4.69, 9.17) is 23.2 Å². The predicted molar refractivity (Wildman–Crippen MR) is 106 cm³/mol. The zero-order chi connectivity index (χ0) is 19.0. The second-order valence-electron chi connectivity index (χ2n) is 5.21. The molecule has 0 fully saturated rings. The summed E-state index contributed by atoms with van der Waals surface area (Å²) in [4.78, 5) is 39.4. The summed E-state index contributed by atoms with van der Waals surface area (Å²) in [6.07, 6.45) is 0. The molecular weight excluding hydrogens is 465 g/mol. The van der Waals surface area contributed by atoms with E-state index in [-0.39, 0.29) is 15.7 Å². The molecule has 0 saturated carbocycles. The highest BCUT2D eigenvalue weighted by atomic mass is 79.9. The molecule has 1 aromatic heterocycles. The van der Waals surface area contributed by atoms with Crippen molar-refractivity contribution in [3.05, 3.63) is 82.4 Å². The molecule has 6 nitrogen and oxygen atoms in total. The topological polar surface area (TPSA) is 76.9 Å². The summed E-state index contributed by atoms with van der Waals surface area (Å²) < 4.78 is 2.53. The smallest absolute Gasteiger partial charge is 0.258 e. The molecule has 1 N–H and O–H groups in total. The van der Waals surface area contributed by atoms with Gasteiger partial charge in [-0.25, -0.2) is 23.5 Å². The van der Waals surface area contributed by atoms with Crippen LogP contribution in [0.4, 0.5) is 0 Å². The quantitative estimate of drug-likeness (QED) is 0.630. The van der Waals surface area contributed by atoms with Crippen LogP contribution in [0.1, 0.15) is 0 Å². The lowest BCUT2D eigenvalue weighted by Crippen LogP contribution is -2.47. The van der Waals surface area contributed by atoms with Gasteiger partial charge in [-0.2, -0.15) is 0 Å². The zero-order valence-electron chi connectivity index (χ0n) is 13.1. The van der Waals surface area contributed by atoms with Gasteiger partial charge in [-0.05, 0) is 36.4 Å². The van der Waals surface area contributed by atoms with Gasteiger partial charge in [0.25, 0.3) is 0 Å². The first kappa shape index (κ1) is 19.0. The van der Waals surface area contributed by atoms with Gasteiger partial charge in [0.05, 0.1) is 15.7 Å². The number of hydrogen-bond donors (Lipinski definition) is 1. The van der Waals surface area contributed by atoms with Crippen molar-refractivity contribution < 1.29 is 0 Å². The van der Waals surface area contributed by atoms with E-state index in [0.717, 1.165) is 18.5 Å². The number of benzene rings is 2. The van der Waals surface area contributed by atoms with E-state index in [9.17, 15) is 14.4 Å². The van der Waals surface area contributed by atoms with Crippen LogP contribution in [0.5, 0.6) is 0 Å². The highest BCUT2D eigenvalue weighted by molar-refractivity contribution is 9.10. The number of aromatic amines is 1. The number of halogens is 3. The molecule has 3 aromatic rings. The number of nitrogens with zero attached hydrogens (tertiary/aromatic N) is 2. The second kappa shape index (κ2) is 7.48. The third-order valence-corrected chi connectivity index (χ3v) is 5.98. The van der Waals surface area contributed by atoms with Crippen LogP contribution in [0.2, 0.25) is 10.0 Å². The fraction of sp³-hybridized carbons (Fsp3) is 0.0625. The minimum atomic E-state index is -0.862. The van der Waals surface area contributed by atoms with Gasteiger partial charge in [0.2, 0.25) is 0 Å². The van der Waals surface area contributed by atoms with Crippen molar-refractivity contribution in [1.82, 2.24) is 14.1 Å². The van der Waals surface area contributed by atoms with Gasteiger partial charge in [-0.15, -0.1) is 0 Å². The Hall–Kier alpha value is -1.74. The number of H-pyrrole nitrogens is 1. The average molecular weight is 475 g/mol. The lowest BCUT2D eigenvalue weighted by molar-refractivity contribution is 0.660. The Morgan fingerprint density at radius 3 is 2.15 bits per heavy atom. The lowest BCUT2D eigenvalue weighted by atomic mass is 10.3. The number of hydrogen-bond acceptors (Lipinski definition) is 4. The maximum Gasteiger partial charge on any atom is 0.340 e. The molecule has 0 aliphatic carbocycles. The minimum Gasteiger partial charge on any atom is -0.258 e. The molecule has 1 heterocycles. The average Bonchev–Trinajstić information content (AvgIpc) is 2.58. The first-order valence-electron chi connectivity index (χ1n) is 7.13. The molecule has 0 saturated heterocycles. The Morgan fingerprint density at radius 2 is 1.58 bits per heavy atom. The summed E-state index contributed by atoms with van der Waals surface area (Å²) in [6.45, 7) is 0. The summed E-state index contributed by atoms with van der Waals surface area (Å²) in [5, 5.41) is 0.557.